The molecule has 0 unspecified atom stereocenters. The minimum atomic E-state index is -1.23. The quantitative estimate of drug-likeness (QED) is 0.441. The number of aryl methyl sites for hydroxylation is 1. The molecule has 0 aliphatic carbocycles. The molecule has 0 radical (unpaired) electrons. The van der Waals surface area contributed by atoms with Crippen molar-refractivity contribution in [1.29, 1.82) is 0 Å². The zero-order valence-electron chi connectivity index (χ0n) is 23.2. The second-order valence-corrected chi connectivity index (χ2v) is 10.5. The smallest absolute Gasteiger partial charge is 0.410 e. The van der Waals surface area contributed by atoms with E-state index in [0.717, 1.165) is 14.7 Å². The lowest BCUT2D eigenvalue weighted by atomic mass is 10.1. The minimum Gasteiger partial charge on any atom is -0.480 e. The number of benzene rings is 1. The molecule has 3 heterocycles. The highest BCUT2D eigenvalue weighted by Crippen LogP contribution is 2.22. The molecule has 1 aliphatic rings. The second kappa shape index (κ2) is 11.7. The number of amides is 1. The summed E-state index contributed by atoms with van der Waals surface area (Å²) in [7, 11) is 0. The maximum Gasteiger partial charge on any atom is 0.410 e. The van der Waals surface area contributed by atoms with E-state index in [4.69, 9.17) is 4.74 Å². The van der Waals surface area contributed by atoms with E-state index < -0.39 is 35.5 Å². The van der Waals surface area contributed by atoms with Crippen molar-refractivity contribution in [2.24, 2.45) is 0 Å². The Bertz CT molecular complexity index is 1580. The highest BCUT2D eigenvalue weighted by atomic mass is 16.6. The lowest BCUT2D eigenvalue weighted by molar-refractivity contribution is -0.137. The Kier molecular flexibility index (Phi) is 8.32. The molecule has 1 aliphatic heterocycles. The van der Waals surface area contributed by atoms with Crippen LogP contribution in [0.1, 0.15) is 33.3 Å². The Labute approximate surface area is 231 Å². The number of carbonyl (C=O) groups is 2. The van der Waals surface area contributed by atoms with Crippen LogP contribution in [0.3, 0.4) is 0 Å². The molecule has 40 heavy (non-hydrogen) atoms. The van der Waals surface area contributed by atoms with Crippen molar-refractivity contribution < 1.29 is 19.4 Å². The summed E-state index contributed by atoms with van der Waals surface area (Å²) in [6.45, 7) is 8.16. The molecule has 0 spiro atoms. The van der Waals surface area contributed by atoms with Gasteiger partial charge in [0.2, 0.25) is 5.95 Å². The first kappa shape index (κ1) is 28.5. The molecule has 4 rings (SSSR count). The van der Waals surface area contributed by atoms with Gasteiger partial charge in [-0.1, -0.05) is 36.3 Å². The fourth-order valence-electron chi connectivity index (χ4n) is 4.60. The maximum atomic E-state index is 13.8. The lowest BCUT2D eigenvalue weighted by Gasteiger charge is -2.36. The minimum absolute atomic E-state index is 0.00386. The Morgan fingerprint density at radius 2 is 1.70 bits per heavy atom. The summed E-state index contributed by atoms with van der Waals surface area (Å²) in [5.74, 6) is 4.95. The zero-order chi connectivity index (χ0) is 29.0. The van der Waals surface area contributed by atoms with Gasteiger partial charge in [-0.05, 0) is 39.7 Å². The molecule has 1 fully saturated rings. The van der Waals surface area contributed by atoms with Crippen molar-refractivity contribution in [3.8, 4) is 11.8 Å². The number of aliphatic carboxylic acids is 1. The van der Waals surface area contributed by atoms with Gasteiger partial charge in [0.1, 0.15) is 12.1 Å². The topological polar surface area (TPSA) is 132 Å². The molecule has 1 saturated heterocycles. The van der Waals surface area contributed by atoms with Gasteiger partial charge in [0.05, 0.1) is 6.54 Å². The highest BCUT2D eigenvalue weighted by Gasteiger charge is 2.30. The highest BCUT2D eigenvalue weighted by molar-refractivity contribution is 5.77. The number of carboxylic acid groups (broad SMARTS) is 1. The molecule has 12 heteroatoms. The number of carbonyl (C=O) groups excluding carboxylic acids is 1. The standard InChI is InChI=1S/C28H34N6O6/c1-5-6-13-32-22-23(29-25(32)30-15-17-31(18-16-30)27(39)40-28(2,3)4)34(19-21(35)36)26(38)33(24(22)37)14-12-20-10-8-7-9-11-20/h7-11H,12-19H2,1-4H3,(H,35,36). The summed E-state index contributed by atoms with van der Waals surface area (Å²) in [6, 6.07) is 9.42. The third-order valence-corrected chi connectivity index (χ3v) is 6.48. The zero-order valence-corrected chi connectivity index (χ0v) is 23.2. The number of fused-ring (bicyclic) bond motifs is 1. The van der Waals surface area contributed by atoms with E-state index in [1.807, 2.05) is 56.0 Å². The summed E-state index contributed by atoms with van der Waals surface area (Å²) >= 11 is 0. The van der Waals surface area contributed by atoms with Crippen LogP contribution in [0.2, 0.25) is 0 Å². The molecule has 3 aromatic rings. The van der Waals surface area contributed by atoms with Gasteiger partial charge >= 0.3 is 17.8 Å². The largest absolute Gasteiger partial charge is 0.480 e. The molecule has 1 amide bonds. The fourth-order valence-corrected chi connectivity index (χ4v) is 4.60. The maximum absolute atomic E-state index is 13.8. The van der Waals surface area contributed by atoms with E-state index >= 15 is 0 Å². The van der Waals surface area contributed by atoms with Crippen molar-refractivity contribution in [3.63, 3.8) is 0 Å². The third-order valence-electron chi connectivity index (χ3n) is 6.48. The number of nitrogens with zero attached hydrogens (tertiary/aromatic N) is 6. The predicted molar refractivity (Wildman–Crippen MR) is 150 cm³/mol. The van der Waals surface area contributed by atoms with Crippen molar-refractivity contribution >= 4 is 29.2 Å². The van der Waals surface area contributed by atoms with Crippen LogP contribution < -0.4 is 16.1 Å². The number of anilines is 1. The lowest BCUT2D eigenvalue weighted by Crippen LogP contribution is -2.50. The molecule has 2 aromatic heterocycles. The first-order chi connectivity index (χ1) is 19.0. The number of rotatable bonds is 7. The molecule has 0 saturated carbocycles. The first-order valence-electron chi connectivity index (χ1n) is 13.1. The monoisotopic (exact) mass is 550 g/mol. The van der Waals surface area contributed by atoms with Gasteiger partial charge < -0.3 is 19.6 Å². The molecule has 12 nitrogen and oxygen atoms in total. The van der Waals surface area contributed by atoms with Crippen LogP contribution >= 0.6 is 0 Å². The average Bonchev–Trinajstić information content (AvgIpc) is 3.29. The SMILES string of the molecule is CC#CCn1c(N2CCN(C(=O)OC(C)(C)C)CC2)nc2c1c(=O)n(CCc1ccccc1)c(=O)n2CC(=O)O. The summed E-state index contributed by atoms with van der Waals surface area (Å²) in [5, 5.41) is 9.58. The normalized spacial score (nSPS) is 13.7. The van der Waals surface area contributed by atoms with E-state index in [-0.39, 0.29) is 24.3 Å². The van der Waals surface area contributed by atoms with E-state index in [9.17, 15) is 24.3 Å². The summed E-state index contributed by atoms with van der Waals surface area (Å²) in [6.07, 6.45) is 0.00540. The number of carboxylic acids is 1. The van der Waals surface area contributed by atoms with Crippen LogP contribution in [0, 0.1) is 11.8 Å². The molecular weight excluding hydrogens is 516 g/mol. The van der Waals surface area contributed by atoms with E-state index in [2.05, 4.69) is 16.8 Å². The van der Waals surface area contributed by atoms with Crippen molar-refractivity contribution in [2.45, 2.75) is 59.4 Å². The Morgan fingerprint density at radius 3 is 2.30 bits per heavy atom. The number of aromatic nitrogens is 4. The third kappa shape index (κ3) is 6.20. The van der Waals surface area contributed by atoms with Crippen LogP contribution in [0.5, 0.6) is 0 Å². The summed E-state index contributed by atoms with van der Waals surface area (Å²) < 4.78 is 9.22. The molecule has 1 N–H and O–H groups in total. The van der Waals surface area contributed by atoms with Crippen LogP contribution in [-0.4, -0.2) is 72.5 Å². The average molecular weight is 551 g/mol. The van der Waals surface area contributed by atoms with Crippen LogP contribution in [0.4, 0.5) is 10.7 Å². The molecule has 0 atom stereocenters. The predicted octanol–water partition coefficient (Wildman–Crippen LogP) is 1.77. The Balaban J connectivity index is 1.77. The van der Waals surface area contributed by atoms with Crippen molar-refractivity contribution in [2.75, 3.05) is 31.1 Å². The van der Waals surface area contributed by atoms with Gasteiger partial charge in [-0.25, -0.2) is 9.59 Å². The van der Waals surface area contributed by atoms with Gasteiger partial charge in [-0.3, -0.25) is 23.3 Å². The van der Waals surface area contributed by atoms with Gasteiger partial charge in [-0.2, -0.15) is 4.98 Å². The number of imidazole rings is 1. The summed E-state index contributed by atoms with van der Waals surface area (Å²) in [5.41, 5.74) is -0.857. The fraction of sp³-hybridized carbons (Fsp3) is 0.464. The molecule has 212 valence electrons. The van der Waals surface area contributed by atoms with Gasteiger partial charge in [0.15, 0.2) is 11.2 Å². The Hall–Kier alpha value is -4.53. The van der Waals surface area contributed by atoms with Crippen LogP contribution in [-0.2, 0) is 35.6 Å². The second-order valence-electron chi connectivity index (χ2n) is 10.5. The molecule has 1 aromatic carbocycles. The number of piperazine rings is 1. The van der Waals surface area contributed by atoms with Gasteiger partial charge in [-0.15, -0.1) is 5.92 Å². The van der Waals surface area contributed by atoms with Crippen molar-refractivity contribution in [1.82, 2.24) is 23.6 Å². The van der Waals surface area contributed by atoms with Gasteiger partial charge in [0, 0.05) is 32.7 Å². The number of ether oxygens (including phenoxy) is 1. The van der Waals surface area contributed by atoms with Crippen LogP contribution in [0.15, 0.2) is 39.9 Å². The number of hydrogen-bond donors (Lipinski definition) is 1. The molecule has 0 bridgehead atoms. The van der Waals surface area contributed by atoms with E-state index in [1.165, 1.54) is 0 Å². The first-order valence-corrected chi connectivity index (χ1v) is 13.1. The summed E-state index contributed by atoms with van der Waals surface area (Å²) in [4.78, 5) is 59.6. The van der Waals surface area contributed by atoms with Crippen molar-refractivity contribution in [3.05, 3.63) is 56.7 Å². The molecular formula is C28H34N6O6. The van der Waals surface area contributed by atoms with Gasteiger partial charge in [0.25, 0.3) is 5.56 Å². The number of hydrogen-bond acceptors (Lipinski definition) is 7. The Morgan fingerprint density at radius 1 is 1.02 bits per heavy atom. The van der Waals surface area contributed by atoms with E-state index in [0.29, 0.717) is 38.5 Å². The van der Waals surface area contributed by atoms with E-state index in [1.54, 1.807) is 16.4 Å². The van der Waals surface area contributed by atoms with Crippen LogP contribution in [0.25, 0.3) is 11.2 Å².